The van der Waals surface area contributed by atoms with E-state index in [0.29, 0.717) is 12.2 Å². The summed E-state index contributed by atoms with van der Waals surface area (Å²) in [5.74, 6) is -0.144. The normalized spacial score (nSPS) is 12.1. The number of hydrogen-bond acceptors (Lipinski definition) is 4. The molecule has 0 bridgehead atoms. The van der Waals surface area contributed by atoms with Crippen molar-refractivity contribution in [2.75, 3.05) is 6.54 Å². The van der Waals surface area contributed by atoms with E-state index in [4.69, 9.17) is 0 Å². The summed E-state index contributed by atoms with van der Waals surface area (Å²) in [4.78, 5) is 15.4. The maximum Gasteiger partial charge on any atom is 0.272 e. The highest BCUT2D eigenvalue weighted by Gasteiger charge is 2.22. The Labute approximate surface area is 144 Å². The molecule has 0 saturated heterocycles. The van der Waals surface area contributed by atoms with Gasteiger partial charge in [-0.05, 0) is 23.1 Å². The molecule has 6 heteroatoms. The van der Waals surface area contributed by atoms with Crippen LogP contribution < -0.4 is 0 Å². The van der Waals surface area contributed by atoms with Gasteiger partial charge in [-0.3, -0.25) is 9.48 Å². The molecular weight excluding hydrogens is 322 g/mol. The summed E-state index contributed by atoms with van der Waals surface area (Å²) in [6.45, 7) is 0.673. The van der Waals surface area contributed by atoms with Gasteiger partial charge in [0.1, 0.15) is 11.8 Å². The van der Waals surface area contributed by atoms with Crippen molar-refractivity contribution in [3.63, 3.8) is 0 Å². The fourth-order valence-corrected chi connectivity index (χ4v) is 3.25. The minimum absolute atomic E-state index is 0.144. The van der Waals surface area contributed by atoms with Gasteiger partial charge in [0.2, 0.25) is 0 Å². The van der Waals surface area contributed by atoms with Crippen molar-refractivity contribution in [3.05, 3.63) is 76.2 Å². The predicted molar refractivity (Wildman–Crippen MR) is 93.7 cm³/mol. The van der Waals surface area contributed by atoms with Gasteiger partial charge in [-0.25, -0.2) is 0 Å². The van der Waals surface area contributed by atoms with Gasteiger partial charge >= 0.3 is 0 Å². The lowest BCUT2D eigenvalue weighted by Gasteiger charge is -2.25. The number of amides is 1. The van der Waals surface area contributed by atoms with Crippen molar-refractivity contribution in [2.45, 2.75) is 12.6 Å². The molecule has 1 atom stereocenters. The van der Waals surface area contributed by atoms with E-state index in [1.54, 1.807) is 28.9 Å². The van der Waals surface area contributed by atoms with Crippen LogP contribution in [0.25, 0.3) is 0 Å². The Kier molecular flexibility index (Phi) is 5.08. The molecule has 3 aromatic rings. The number of rotatable bonds is 6. The third-order valence-corrected chi connectivity index (χ3v) is 4.78. The predicted octanol–water partition coefficient (Wildman–Crippen LogP) is 2.86. The zero-order valence-electron chi connectivity index (χ0n) is 13.4. The summed E-state index contributed by atoms with van der Waals surface area (Å²) in [6, 6.07) is 15.2. The lowest BCUT2D eigenvalue weighted by atomic mass is 10.2. The molecule has 1 amide bonds. The summed E-state index contributed by atoms with van der Waals surface area (Å²) in [5, 5.41) is 16.5. The summed E-state index contributed by atoms with van der Waals surface area (Å²) >= 11 is 1.49. The van der Waals surface area contributed by atoms with Gasteiger partial charge in [-0.15, -0.1) is 11.3 Å². The Balaban J connectivity index is 1.83. The second-order valence-corrected chi connectivity index (χ2v) is 6.52. The fraction of sp³-hybridized carbons (Fsp3) is 0.222. The van der Waals surface area contributed by atoms with Crippen LogP contribution in [0.5, 0.6) is 0 Å². The van der Waals surface area contributed by atoms with E-state index in [2.05, 4.69) is 5.10 Å². The van der Waals surface area contributed by atoms with Crippen molar-refractivity contribution in [1.82, 2.24) is 14.7 Å². The van der Waals surface area contributed by atoms with E-state index in [1.807, 2.05) is 47.8 Å². The van der Waals surface area contributed by atoms with E-state index >= 15 is 0 Å². The Hall–Kier alpha value is -2.44. The number of thiophene rings is 1. The van der Waals surface area contributed by atoms with Crippen molar-refractivity contribution in [3.8, 4) is 0 Å². The lowest BCUT2D eigenvalue weighted by molar-refractivity contribution is 0.0598. The minimum Gasteiger partial charge on any atom is -0.386 e. The van der Waals surface area contributed by atoms with E-state index in [0.717, 1.165) is 10.4 Å². The van der Waals surface area contributed by atoms with Crippen LogP contribution in [0.1, 0.15) is 27.0 Å². The van der Waals surface area contributed by atoms with Crippen LogP contribution in [0, 0.1) is 0 Å². The summed E-state index contributed by atoms with van der Waals surface area (Å²) in [5.41, 5.74) is 1.52. The summed E-state index contributed by atoms with van der Waals surface area (Å²) in [6.07, 6.45) is 0.898. The zero-order valence-corrected chi connectivity index (χ0v) is 14.2. The van der Waals surface area contributed by atoms with Crippen molar-refractivity contribution in [1.29, 1.82) is 0 Å². The summed E-state index contributed by atoms with van der Waals surface area (Å²) in [7, 11) is 1.74. The molecule has 0 fully saturated rings. The van der Waals surface area contributed by atoms with Crippen LogP contribution in [0.2, 0.25) is 0 Å². The maximum atomic E-state index is 12.9. The number of hydrogen-bond donors (Lipinski definition) is 1. The monoisotopic (exact) mass is 341 g/mol. The molecule has 1 aromatic carbocycles. The van der Waals surface area contributed by atoms with Crippen molar-refractivity contribution in [2.24, 2.45) is 7.05 Å². The van der Waals surface area contributed by atoms with Gasteiger partial charge in [-0.2, -0.15) is 5.10 Å². The second kappa shape index (κ2) is 7.42. The number of benzene rings is 1. The number of aliphatic hydroxyl groups excluding tert-OH is 1. The highest BCUT2D eigenvalue weighted by atomic mass is 32.1. The SMILES string of the molecule is Cn1nccc1C(=O)N(Cc1ccccc1)CC(O)c1cccs1. The Morgan fingerprint density at radius 3 is 2.67 bits per heavy atom. The standard InChI is InChI=1S/C18H19N3O2S/c1-20-15(9-10-19-20)18(23)21(12-14-6-3-2-4-7-14)13-16(22)17-8-5-11-24-17/h2-11,16,22H,12-13H2,1H3. The van der Waals surface area contributed by atoms with Crippen LogP contribution in [-0.4, -0.2) is 32.2 Å². The van der Waals surface area contributed by atoms with Crippen LogP contribution in [0.3, 0.4) is 0 Å². The lowest BCUT2D eigenvalue weighted by Crippen LogP contribution is -2.35. The van der Waals surface area contributed by atoms with E-state index in [-0.39, 0.29) is 12.5 Å². The first-order chi connectivity index (χ1) is 11.6. The van der Waals surface area contributed by atoms with E-state index in [9.17, 15) is 9.90 Å². The number of aromatic nitrogens is 2. The molecule has 0 aliphatic rings. The van der Waals surface area contributed by atoms with Gasteiger partial charge in [0.15, 0.2) is 0 Å². The molecule has 2 heterocycles. The number of carbonyl (C=O) groups is 1. The number of carbonyl (C=O) groups excluding carboxylic acids is 1. The molecule has 0 aliphatic carbocycles. The molecular formula is C18H19N3O2S. The average molecular weight is 341 g/mol. The van der Waals surface area contributed by atoms with Crippen molar-refractivity contribution < 1.29 is 9.90 Å². The Morgan fingerprint density at radius 2 is 2.04 bits per heavy atom. The van der Waals surface area contributed by atoms with Crippen LogP contribution in [-0.2, 0) is 13.6 Å². The van der Waals surface area contributed by atoms with Gasteiger partial charge in [0, 0.05) is 24.7 Å². The maximum absolute atomic E-state index is 12.9. The summed E-state index contributed by atoms with van der Waals surface area (Å²) < 4.78 is 1.55. The largest absolute Gasteiger partial charge is 0.386 e. The first-order valence-electron chi connectivity index (χ1n) is 7.68. The molecule has 3 rings (SSSR count). The molecule has 2 aromatic heterocycles. The highest BCUT2D eigenvalue weighted by Crippen LogP contribution is 2.21. The third-order valence-electron chi connectivity index (χ3n) is 3.81. The minimum atomic E-state index is -0.703. The first kappa shape index (κ1) is 16.4. The highest BCUT2D eigenvalue weighted by molar-refractivity contribution is 7.10. The fourth-order valence-electron chi connectivity index (χ4n) is 2.55. The molecule has 0 saturated carbocycles. The molecule has 1 N–H and O–H groups in total. The van der Waals surface area contributed by atoms with Crippen LogP contribution >= 0.6 is 11.3 Å². The molecule has 24 heavy (non-hydrogen) atoms. The van der Waals surface area contributed by atoms with E-state index in [1.165, 1.54) is 11.3 Å². The van der Waals surface area contributed by atoms with Gasteiger partial charge in [-0.1, -0.05) is 36.4 Å². The Morgan fingerprint density at radius 1 is 1.25 bits per heavy atom. The molecule has 124 valence electrons. The molecule has 0 radical (unpaired) electrons. The average Bonchev–Trinajstić information content (AvgIpc) is 3.26. The van der Waals surface area contributed by atoms with Crippen molar-refractivity contribution >= 4 is 17.2 Å². The van der Waals surface area contributed by atoms with E-state index < -0.39 is 6.10 Å². The number of aryl methyl sites for hydroxylation is 1. The third kappa shape index (κ3) is 3.72. The number of aliphatic hydroxyl groups is 1. The Bertz CT molecular complexity index is 784. The quantitative estimate of drug-likeness (QED) is 0.750. The molecule has 1 unspecified atom stereocenters. The van der Waals surface area contributed by atoms with Gasteiger partial charge in [0.05, 0.1) is 6.54 Å². The molecule has 0 spiro atoms. The smallest absolute Gasteiger partial charge is 0.272 e. The first-order valence-corrected chi connectivity index (χ1v) is 8.56. The van der Waals surface area contributed by atoms with Crippen LogP contribution in [0.4, 0.5) is 0 Å². The van der Waals surface area contributed by atoms with Crippen LogP contribution in [0.15, 0.2) is 60.1 Å². The number of nitrogens with zero attached hydrogens (tertiary/aromatic N) is 3. The second-order valence-electron chi connectivity index (χ2n) is 5.54. The van der Waals surface area contributed by atoms with Gasteiger partial charge in [0.25, 0.3) is 5.91 Å². The van der Waals surface area contributed by atoms with Gasteiger partial charge < -0.3 is 10.0 Å². The molecule has 0 aliphatic heterocycles. The zero-order chi connectivity index (χ0) is 16.9. The molecule has 5 nitrogen and oxygen atoms in total. The topological polar surface area (TPSA) is 58.4 Å².